The summed E-state index contributed by atoms with van der Waals surface area (Å²) in [5, 5.41) is 8.11. The van der Waals surface area contributed by atoms with Gasteiger partial charge in [-0.3, -0.25) is 9.80 Å². The summed E-state index contributed by atoms with van der Waals surface area (Å²) in [5.41, 5.74) is 0.451. The number of hydrogen-bond donors (Lipinski definition) is 0. The van der Waals surface area contributed by atoms with Crippen LogP contribution in [0, 0.1) is 0 Å². The smallest absolute Gasteiger partial charge is 0.308 e. The van der Waals surface area contributed by atoms with E-state index in [1.54, 1.807) is 6.20 Å². The van der Waals surface area contributed by atoms with E-state index in [-0.39, 0.29) is 24.9 Å². The van der Waals surface area contributed by atoms with Crippen molar-refractivity contribution < 1.29 is 21.6 Å². The molecule has 0 saturated carbocycles. The van der Waals surface area contributed by atoms with Gasteiger partial charge in [0.2, 0.25) is 10.0 Å². The van der Waals surface area contributed by atoms with Gasteiger partial charge in [-0.1, -0.05) is 17.3 Å². The first-order valence-corrected chi connectivity index (χ1v) is 13.2. The van der Waals surface area contributed by atoms with E-state index in [0.29, 0.717) is 17.8 Å². The maximum Gasteiger partial charge on any atom is 0.416 e. The van der Waals surface area contributed by atoms with Crippen LogP contribution in [-0.2, 0) is 29.3 Å². The van der Waals surface area contributed by atoms with E-state index < -0.39 is 21.8 Å². The first-order valence-electron chi connectivity index (χ1n) is 11.6. The second-order valence-corrected chi connectivity index (χ2v) is 11.5. The van der Waals surface area contributed by atoms with Crippen molar-refractivity contribution in [2.75, 3.05) is 65.7 Å². The molecule has 2 saturated heterocycles. The van der Waals surface area contributed by atoms with Crippen molar-refractivity contribution in [3.63, 3.8) is 0 Å². The molecule has 0 bridgehead atoms. The second-order valence-electron chi connectivity index (χ2n) is 9.51. The lowest BCUT2D eigenvalue weighted by molar-refractivity contribution is -0.137. The zero-order valence-corrected chi connectivity index (χ0v) is 20.8. The van der Waals surface area contributed by atoms with Crippen LogP contribution in [-0.4, -0.2) is 114 Å². The maximum atomic E-state index is 12.8. The van der Waals surface area contributed by atoms with Gasteiger partial charge in [0.25, 0.3) is 0 Å². The Labute approximate surface area is 204 Å². The number of aromatic nitrogens is 3. The molecule has 0 radical (unpaired) electrons. The predicted molar refractivity (Wildman–Crippen MR) is 125 cm³/mol. The summed E-state index contributed by atoms with van der Waals surface area (Å²) in [6, 6.07) is 4.83. The number of alkyl halides is 3. The van der Waals surface area contributed by atoms with Gasteiger partial charge in [-0.2, -0.15) is 17.5 Å². The van der Waals surface area contributed by atoms with Crippen molar-refractivity contribution in [3.05, 3.63) is 47.3 Å². The van der Waals surface area contributed by atoms with Crippen molar-refractivity contribution in [3.8, 4) is 0 Å². The fraction of sp³-hybridized carbons (Fsp3) is 0.636. The number of benzene rings is 1. The van der Waals surface area contributed by atoms with Crippen LogP contribution in [0.4, 0.5) is 13.2 Å². The summed E-state index contributed by atoms with van der Waals surface area (Å²) in [6.45, 7) is 6.39. The molecule has 2 fully saturated rings. The highest BCUT2D eigenvalue weighted by Crippen LogP contribution is 2.29. The van der Waals surface area contributed by atoms with E-state index in [0.717, 1.165) is 51.4 Å². The Hall–Kier alpha value is -2.06. The van der Waals surface area contributed by atoms with Gasteiger partial charge >= 0.3 is 6.18 Å². The molecule has 2 aromatic rings. The van der Waals surface area contributed by atoms with Gasteiger partial charge in [0.1, 0.15) is 0 Å². The van der Waals surface area contributed by atoms with E-state index in [1.807, 2.05) is 0 Å². The molecule has 9 nitrogen and oxygen atoms in total. The lowest BCUT2D eigenvalue weighted by Crippen LogP contribution is -2.52. The Morgan fingerprint density at radius 3 is 2.37 bits per heavy atom. The van der Waals surface area contributed by atoms with Gasteiger partial charge in [0.05, 0.1) is 36.3 Å². The topological polar surface area (TPSA) is 77.8 Å². The van der Waals surface area contributed by atoms with E-state index in [2.05, 4.69) is 39.1 Å². The normalized spacial score (nSPS) is 22.3. The number of hydrogen-bond acceptors (Lipinski definition) is 7. The molecule has 0 spiro atoms. The standard InChI is InChI=1S/C22H32F3N7O2S/c1-28(2)7-8-29-9-11-30(12-10-29)21-16-32(35(33,34)17-21)15-20-14-31(27-26-20)13-18-3-5-19(6-4-18)22(23,24)25/h3-6,14,21H,7-13,15-17H2,1-2H3. The average molecular weight is 516 g/mol. The highest BCUT2D eigenvalue weighted by atomic mass is 32.2. The van der Waals surface area contributed by atoms with Crippen LogP contribution in [0.15, 0.2) is 30.5 Å². The third-order valence-electron chi connectivity index (χ3n) is 6.55. The van der Waals surface area contributed by atoms with Crippen LogP contribution in [0.3, 0.4) is 0 Å². The predicted octanol–water partition coefficient (Wildman–Crippen LogP) is 1.04. The zero-order valence-electron chi connectivity index (χ0n) is 20.0. The summed E-state index contributed by atoms with van der Waals surface area (Å²) in [5.74, 6) is 0.102. The van der Waals surface area contributed by atoms with Crippen molar-refractivity contribution in [2.24, 2.45) is 0 Å². The molecule has 1 aromatic heterocycles. The molecule has 35 heavy (non-hydrogen) atoms. The Morgan fingerprint density at radius 1 is 1.06 bits per heavy atom. The SMILES string of the molecule is CN(C)CCN1CCN(C2CN(Cc3cn(Cc4ccc(C(F)(F)F)cc4)nn3)S(=O)(=O)C2)CC1. The first-order chi connectivity index (χ1) is 16.5. The number of halogens is 3. The summed E-state index contributed by atoms with van der Waals surface area (Å²) >= 11 is 0. The van der Waals surface area contributed by atoms with Gasteiger partial charge < -0.3 is 4.90 Å². The third-order valence-corrected chi connectivity index (χ3v) is 8.42. The number of rotatable bonds is 8. The van der Waals surface area contributed by atoms with Crippen molar-refractivity contribution >= 4 is 10.0 Å². The quantitative estimate of drug-likeness (QED) is 0.520. The van der Waals surface area contributed by atoms with Gasteiger partial charge in [0, 0.05) is 51.9 Å². The van der Waals surface area contributed by atoms with Crippen LogP contribution in [0.1, 0.15) is 16.8 Å². The highest BCUT2D eigenvalue weighted by Gasteiger charge is 2.40. The van der Waals surface area contributed by atoms with Crippen LogP contribution < -0.4 is 0 Å². The molecule has 194 valence electrons. The molecule has 4 rings (SSSR count). The molecule has 2 aliphatic rings. The van der Waals surface area contributed by atoms with E-state index in [4.69, 9.17) is 0 Å². The minimum absolute atomic E-state index is 0.0433. The second kappa shape index (κ2) is 10.5. The van der Waals surface area contributed by atoms with Gasteiger partial charge in [-0.25, -0.2) is 13.1 Å². The van der Waals surface area contributed by atoms with E-state index in [1.165, 1.54) is 21.1 Å². The molecule has 1 unspecified atom stereocenters. The van der Waals surface area contributed by atoms with Crippen LogP contribution in [0.25, 0.3) is 0 Å². The summed E-state index contributed by atoms with van der Waals surface area (Å²) in [4.78, 5) is 6.84. The summed E-state index contributed by atoms with van der Waals surface area (Å²) in [7, 11) is 0.715. The lowest BCUT2D eigenvalue weighted by Gasteiger charge is -2.37. The monoisotopic (exact) mass is 515 g/mol. The molecule has 3 heterocycles. The summed E-state index contributed by atoms with van der Waals surface area (Å²) < 4.78 is 66.8. The molecule has 0 amide bonds. The molecular weight excluding hydrogens is 483 g/mol. The molecule has 13 heteroatoms. The van der Waals surface area contributed by atoms with Crippen LogP contribution in [0.5, 0.6) is 0 Å². The zero-order chi connectivity index (χ0) is 25.2. The minimum Gasteiger partial charge on any atom is -0.308 e. The Morgan fingerprint density at radius 2 is 1.74 bits per heavy atom. The van der Waals surface area contributed by atoms with E-state index >= 15 is 0 Å². The minimum atomic E-state index is -4.38. The van der Waals surface area contributed by atoms with Gasteiger partial charge in [0.15, 0.2) is 0 Å². The number of nitrogens with zero attached hydrogens (tertiary/aromatic N) is 7. The number of sulfonamides is 1. The summed E-state index contributed by atoms with van der Waals surface area (Å²) in [6.07, 6.45) is -2.73. The fourth-order valence-electron chi connectivity index (χ4n) is 4.48. The fourth-order valence-corrected chi connectivity index (χ4v) is 6.22. The molecule has 0 N–H and O–H groups in total. The largest absolute Gasteiger partial charge is 0.416 e. The first kappa shape index (κ1) is 26.0. The average Bonchev–Trinajstić information content (AvgIpc) is 3.35. The molecular formula is C22H32F3N7O2S. The van der Waals surface area contributed by atoms with Crippen molar-refractivity contribution in [1.29, 1.82) is 0 Å². The van der Waals surface area contributed by atoms with Gasteiger partial charge in [-0.15, -0.1) is 5.10 Å². The van der Waals surface area contributed by atoms with Gasteiger partial charge in [-0.05, 0) is 31.8 Å². The van der Waals surface area contributed by atoms with Crippen LogP contribution >= 0.6 is 0 Å². The molecule has 0 aliphatic carbocycles. The Kier molecular flexibility index (Phi) is 7.81. The molecule has 1 atom stereocenters. The third kappa shape index (κ3) is 6.79. The van der Waals surface area contributed by atoms with Crippen LogP contribution in [0.2, 0.25) is 0 Å². The lowest BCUT2D eigenvalue weighted by atomic mass is 10.1. The highest BCUT2D eigenvalue weighted by molar-refractivity contribution is 7.89. The maximum absolute atomic E-state index is 12.8. The number of likely N-dealkylation sites (N-methyl/N-ethyl adjacent to an activating group) is 1. The Balaban J connectivity index is 1.30. The number of piperazine rings is 1. The van der Waals surface area contributed by atoms with Crippen molar-refractivity contribution in [1.82, 2.24) is 34.0 Å². The Bertz CT molecular complexity index is 1080. The van der Waals surface area contributed by atoms with Crippen molar-refractivity contribution in [2.45, 2.75) is 25.3 Å². The molecule has 2 aliphatic heterocycles. The van der Waals surface area contributed by atoms with E-state index in [9.17, 15) is 21.6 Å². The molecule has 1 aromatic carbocycles.